The maximum Gasteiger partial charge on any atom is 0.469 e. The van der Waals surface area contributed by atoms with Gasteiger partial charge in [0, 0.05) is 19.0 Å². The Morgan fingerprint density at radius 1 is 1.00 bits per heavy atom. The van der Waals surface area contributed by atoms with Crippen LogP contribution in [0.5, 0.6) is 5.75 Å². The van der Waals surface area contributed by atoms with E-state index in [-0.39, 0.29) is 24.0 Å². The molecular formula is C24H31F3NO5P. The van der Waals surface area contributed by atoms with Gasteiger partial charge in [0.05, 0.1) is 12.2 Å². The molecule has 3 N–H and O–H groups in total. The lowest BCUT2D eigenvalue weighted by Gasteiger charge is -2.18. The van der Waals surface area contributed by atoms with Crippen LogP contribution >= 0.6 is 7.82 Å². The van der Waals surface area contributed by atoms with E-state index in [9.17, 15) is 17.7 Å². The summed E-state index contributed by atoms with van der Waals surface area (Å²) in [4.78, 5) is 17.6. The SMILES string of the molecule is O=P(O)(O)OC[C@H]1C[C@@H](Oc2ccc(CCCCCCc3ccccc3)c(C(F)(F)F)c2)CN1. The maximum absolute atomic E-state index is 13.7. The monoisotopic (exact) mass is 501 g/mol. The summed E-state index contributed by atoms with van der Waals surface area (Å²) in [6.07, 6.45) is 0.345. The van der Waals surface area contributed by atoms with Crippen LogP contribution in [0.2, 0.25) is 0 Å². The molecule has 0 unspecified atom stereocenters. The second kappa shape index (κ2) is 12.2. The van der Waals surface area contributed by atoms with Gasteiger partial charge in [-0.15, -0.1) is 0 Å². The molecule has 0 saturated carbocycles. The van der Waals surface area contributed by atoms with E-state index < -0.39 is 25.7 Å². The molecule has 6 nitrogen and oxygen atoms in total. The number of aryl methyl sites for hydroxylation is 2. The van der Waals surface area contributed by atoms with E-state index in [0.29, 0.717) is 25.8 Å². The molecule has 1 saturated heterocycles. The van der Waals surface area contributed by atoms with Gasteiger partial charge >= 0.3 is 14.0 Å². The maximum atomic E-state index is 13.7. The van der Waals surface area contributed by atoms with Gasteiger partial charge in [0.15, 0.2) is 0 Å². The van der Waals surface area contributed by atoms with E-state index >= 15 is 0 Å². The summed E-state index contributed by atoms with van der Waals surface area (Å²) in [6.45, 7) is 0.142. The summed E-state index contributed by atoms with van der Waals surface area (Å²) >= 11 is 0. The fraction of sp³-hybridized carbons (Fsp3) is 0.500. The van der Waals surface area contributed by atoms with E-state index in [0.717, 1.165) is 31.7 Å². The molecule has 0 aromatic heterocycles. The molecule has 1 heterocycles. The average Bonchev–Trinajstić information content (AvgIpc) is 3.22. The fourth-order valence-electron chi connectivity index (χ4n) is 4.13. The minimum Gasteiger partial charge on any atom is -0.489 e. The Hall–Kier alpha value is -1.90. The van der Waals surface area contributed by atoms with Crippen LogP contribution in [0, 0.1) is 0 Å². The zero-order valence-corrected chi connectivity index (χ0v) is 19.7. The van der Waals surface area contributed by atoms with Crippen LogP contribution in [0.25, 0.3) is 0 Å². The number of phosphoric ester groups is 1. The zero-order valence-electron chi connectivity index (χ0n) is 18.8. The fourth-order valence-corrected chi connectivity index (χ4v) is 4.51. The normalized spacial score (nSPS) is 18.9. The van der Waals surface area contributed by atoms with Crippen molar-refractivity contribution in [3.05, 3.63) is 65.2 Å². The summed E-state index contributed by atoms with van der Waals surface area (Å²) in [5.41, 5.74) is 0.859. The minimum atomic E-state index is -4.57. The Balaban J connectivity index is 1.48. The van der Waals surface area contributed by atoms with Crippen LogP contribution in [0.15, 0.2) is 48.5 Å². The van der Waals surface area contributed by atoms with Crippen LogP contribution in [0.3, 0.4) is 0 Å². The molecular weight excluding hydrogens is 470 g/mol. The molecule has 0 radical (unpaired) electrons. The lowest BCUT2D eigenvalue weighted by Crippen LogP contribution is -2.26. The number of phosphoric acid groups is 1. The summed E-state index contributed by atoms with van der Waals surface area (Å²) in [5, 5.41) is 3.00. The number of rotatable bonds is 12. The van der Waals surface area contributed by atoms with Crippen molar-refractivity contribution in [2.24, 2.45) is 0 Å². The number of nitrogens with one attached hydrogen (secondary N) is 1. The van der Waals surface area contributed by atoms with Gasteiger partial charge in [0.1, 0.15) is 11.9 Å². The quantitative estimate of drug-likeness (QED) is 0.271. The first-order valence-electron chi connectivity index (χ1n) is 11.4. The number of unbranched alkanes of at least 4 members (excludes halogenated alkanes) is 3. The molecule has 0 bridgehead atoms. The lowest BCUT2D eigenvalue weighted by molar-refractivity contribution is -0.138. The second-order valence-electron chi connectivity index (χ2n) is 8.58. The molecule has 188 valence electrons. The Morgan fingerprint density at radius 3 is 2.38 bits per heavy atom. The molecule has 34 heavy (non-hydrogen) atoms. The van der Waals surface area contributed by atoms with Crippen molar-refractivity contribution in [3.8, 4) is 5.75 Å². The topological polar surface area (TPSA) is 88.0 Å². The summed E-state index contributed by atoms with van der Waals surface area (Å²) in [5.74, 6) is 0.127. The van der Waals surface area contributed by atoms with E-state index in [1.807, 2.05) is 18.2 Å². The van der Waals surface area contributed by atoms with Gasteiger partial charge < -0.3 is 19.8 Å². The highest BCUT2D eigenvalue weighted by Crippen LogP contribution is 2.37. The highest BCUT2D eigenvalue weighted by atomic mass is 31.2. The second-order valence-corrected chi connectivity index (χ2v) is 9.82. The van der Waals surface area contributed by atoms with Crippen LogP contribution < -0.4 is 10.1 Å². The highest BCUT2D eigenvalue weighted by molar-refractivity contribution is 7.46. The smallest absolute Gasteiger partial charge is 0.469 e. The molecule has 3 rings (SSSR count). The van der Waals surface area contributed by atoms with Crippen molar-refractivity contribution in [1.82, 2.24) is 5.32 Å². The molecule has 10 heteroatoms. The van der Waals surface area contributed by atoms with Gasteiger partial charge in [-0.2, -0.15) is 13.2 Å². The predicted octanol–water partition coefficient (Wildman–Crippen LogP) is 5.27. The molecule has 1 fully saturated rings. The summed E-state index contributed by atoms with van der Waals surface area (Å²) < 4.78 is 62.0. The molecule has 2 aromatic carbocycles. The van der Waals surface area contributed by atoms with Crippen LogP contribution in [-0.2, 0) is 28.1 Å². The van der Waals surface area contributed by atoms with Crippen LogP contribution in [0.4, 0.5) is 13.2 Å². The average molecular weight is 501 g/mol. The standard InChI is InChI=1S/C24H31F3NO5P/c25-24(26,27)23-15-21(33-22-14-20(28-16-22)17-32-34(29,30)31)13-12-19(23)11-7-2-1-4-8-18-9-5-3-6-10-18/h3,5-6,9-10,12-13,15,20,22,28H,1-2,4,7-8,11,14,16-17H2,(H2,29,30,31)/t20-,22-/m1/s1. The number of ether oxygens (including phenoxy) is 1. The van der Waals surface area contributed by atoms with Crippen LogP contribution in [-0.4, -0.2) is 35.1 Å². The number of hydrogen-bond acceptors (Lipinski definition) is 4. The largest absolute Gasteiger partial charge is 0.489 e. The Labute approximate surface area is 197 Å². The summed E-state index contributed by atoms with van der Waals surface area (Å²) in [6, 6.07) is 13.9. The van der Waals surface area contributed by atoms with Crippen molar-refractivity contribution in [2.45, 2.75) is 63.3 Å². The first kappa shape index (κ1) is 26.7. The zero-order chi connectivity index (χ0) is 24.6. The number of hydrogen-bond donors (Lipinski definition) is 3. The van der Waals surface area contributed by atoms with E-state index in [4.69, 9.17) is 14.5 Å². The van der Waals surface area contributed by atoms with Gasteiger partial charge in [0.25, 0.3) is 0 Å². The Morgan fingerprint density at radius 2 is 1.71 bits per heavy atom. The van der Waals surface area contributed by atoms with Crippen molar-refractivity contribution < 1.29 is 36.8 Å². The van der Waals surface area contributed by atoms with E-state index in [1.54, 1.807) is 6.07 Å². The predicted molar refractivity (Wildman–Crippen MR) is 123 cm³/mol. The van der Waals surface area contributed by atoms with Crippen molar-refractivity contribution in [3.63, 3.8) is 0 Å². The molecule has 2 aromatic rings. The summed E-state index contributed by atoms with van der Waals surface area (Å²) in [7, 11) is -4.57. The van der Waals surface area contributed by atoms with E-state index in [1.165, 1.54) is 11.6 Å². The van der Waals surface area contributed by atoms with Gasteiger partial charge in [-0.25, -0.2) is 4.57 Å². The Kier molecular flexibility index (Phi) is 9.56. The van der Waals surface area contributed by atoms with Crippen molar-refractivity contribution >= 4 is 7.82 Å². The molecule has 1 aliphatic heterocycles. The van der Waals surface area contributed by atoms with Crippen molar-refractivity contribution in [2.75, 3.05) is 13.2 Å². The van der Waals surface area contributed by atoms with Gasteiger partial charge in [0.2, 0.25) is 0 Å². The number of benzene rings is 2. The molecule has 2 atom stereocenters. The first-order chi connectivity index (χ1) is 16.1. The third-order valence-corrected chi connectivity index (χ3v) is 6.30. The minimum absolute atomic E-state index is 0.127. The van der Waals surface area contributed by atoms with Crippen LogP contribution in [0.1, 0.15) is 48.8 Å². The third kappa shape index (κ3) is 9.04. The van der Waals surface area contributed by atoms with Gasteiger partial charge in [-0.1, -0.05) is 49.2 Å². The van der Waals surface area contributed by atoms with Gasteiger partial charge in [-0.3, -0.25) is 4.52 Å². The molecule has 0 spiro atoms. The third-order valence-electron chi connectivity index (χ3n) is 5.82. The number of alkyl halides is 3. The van der Waals surface area contributed by atoms with Gasteiger partial charge in [-0.05, 0) is 48.9 Å². The highest BCUT2D eigenvalue weighted by Gasteiger charge is 2.34. The molecule has 0 amide bonds. The molecule has 0 aliphatic carbocycles. The Bertz CT molecular complexity index is 951. The first-order valence-corrected chi connectivity index (χ1v) is 13.0. The lowest BCUT2D eigenvalue weighted by atomic mass is 9.99. The molecule has 1 aliphatic rings. The number of halogens is 3. The van der Waals surface area contributed by atoms with Crippen molar-refractivity contribution in [1.29, 1.82) is 0 Å². The van der Waals surface area contributed by atoms with E-state index in [2.05, 4.69) is 22.0 Å².